The highest BCUT2D eigenvalue weighted by atomic mass is 35.5. The van der Waals surface area contributed by atoms with Crippen molar-refractivity contribution in [1.82, 2.24) is 4.31 Å². The molecular weight excluding hydrogens is 326 g/mol. The number of piperidine rings is 1. The molecule has 5 nitrogen and oxygen atoms in total. The maximum Gasteiger partial charge on any atom is 0.211 e. The Labute approximate surface area is 135 Å². The molecule has 0 amide bonds. The van der Waals surface area contributed by atoms with Crippen molar-refractivity contribution in [2.45, 2.75) is 31.8 Å². The van der Waals surface area contributed by atoms with Gasteiger partial charge in [0, 0.05) is 31.0 Å². The summed E-state index contributed by atoms with van der Waals surface area (Å²) in [6.45, 7) is 2.63. The van der Waals surface area contributed by atoms with Crippen LogP contribution in [0.2, 0.25) is 5.02 Å². The number of ether oxygens (including phenoxy) is 1. The summed E-state index contributed by atoms with van der Waals surface area (Å²) in [5, 5.41) is 0.524. The number of ketones is 1. The molecule has 2 aliphatic heterocycles. The van der Waals surface area contributed by atoms with E-state index >= 15 is 0 Å². The molecule has 1 spiro atoms. The molecule has 0 aliphatic carbocycles. The van der Waals surface area contributed by atoms with E-state index in [-0.39, 0.29) is 12.2 Å². The van der Waals surface area contributed by atoms with Crippen molar-refractivity contribution in [2.24, 2.45) is 0 Å². The summed E-state index contributed by atoms with van der Waals surface area (Å²) in [6, 6.07) is 3.42. The van der Waals surface area contributed by atoms with Crippen molar-refractivity contribution in [1.29, 1.82) is 0 Å². The molecule has 7 heteroatoms. The highest BCUT2D eigenvalue weighted by Crippen LogP contribution is 2.42. The highest BCUT2D eigenvalue weighted by molar-refractivity contribution is 7.88. The molecule has 0 N–H and O–H groups in total. The lowest BCUT2D eigenvalue weighted by Crippen LogP contribution is -2.52. The smallest absolute Gasteiger partial charge is 0.211 e. The van der Waals surface area contributed by atoms with Gasteiger partial charge < -0.3 is 4.74 Å². The first kappa shape index (κ1) is 15.8. The maximum absolute atomic E-state index is 12.5. The summed E-state index contributed by atoms with van der Waals surface area (Å²) in [5.74, 6) is 0.605. The lowest BCUT2D eigenvalue weighted by molar-refractivity contribution is 0.00547. The summed E-state index contributed by atoms with van der Waals surface area (Å²) in [6.07, 6.45) is 2.53. The molecule has 0 radical (unpaired) electrons. The molecule has 2 heterocycles. The number of aryl methyl sites for hydroxylation is 1. The number of benzene rings is 1. The number of carbonyl (C=O) groups is 1. The van der Waals surface area contributed by atoms with Crippen LogP contribution in [0.1, 0.15) is 35.2 Å². The number of fused-ring (bicyclic) bond motifs is 1. The Morgan fingerprint density at radius 3 is 2.50 bits per heavy atom. The molecule has 0 unspecified atom stereocenters. The zero-order chi connectivity index (χ0) is 16.1. The van der Waals surface area contributed by atoms with Gasteiger partial charge in [-0.1, -0.05) is 11.6 Å². The van der Waals surface area contributed by atoms with Crippen molar-refractivity contribution < 1.29 is 17.9 Å². The number of hydrogen-bond donors (Lipinski definition) is 0. The van der Waals surface area contributed by atoms with Gasteiger partial charge in [0.05, 0.1) is 18.2 Å². The van der Waals surface area contributed by atoms with Gasteiger partial charge in [0.25, 0.3) is 0 Å². The standard InChI is InChI=1S/C15H18ClNO4S/c1-10-7-11(16)8-12-13(18)9-15(21-14(10)12)3-5-17(6-4-15)22(2,19)20/h7-8H,3-6,9H2,1-2H3. The number of Topliss-reactive ketones (excluding diaryl/α,β-unsaturated/α-hetero) is 1. The van der Waals surface area contributed by atoms with Gasteiger partial charge in [0.2, 0.25) is 10.0 Å². The Morgan fingerprint density at radius 1 is 1.27 bits per heavy atom. The fourth-order valence-electron chi connectivity index (χ4n) is 3.22. The van der Waals surface area contributed by atoms with Gasteiger partial charge in [-0.05, 0) is 24.6 Å². The molecule has 0 aromatic heterocycles. The molecule has 0 atom stereocenters. The van der Waals surface area contributed by atoms with Crippen molar-refractivity contribution in [3.05, 3.63) is 28.3 Å². The van der Waals surface area contributed by atoms with Crippen LogP contribution < -0.4 is 4.74 Å². The minimum Gasteiger partial charge on any atom is -0.486 e. The number of hydrogen-bond acceptors (Lipinski definition) is 4. The van der Waals surface area contributed by atoms with E-state index in [2.05, 4.69) is 0 Å². The zero-order valence-electron chi connectivity index (χ0n) is 12.6. The Kier molecular flexibility index (Phi) is 3.74. The van der Waals surface area contributed by atoms with Crippen LogP contribution >= 0.6 is 11.6 Å². The number of nitrogens with zero attached hydrogens (tertiary/aromatic N) is 1. The van der Waals surface area contributed by atoms with Gasteiger partial charge in [0.1, 0.15) is 11.4 Å². The normalized spacial score (nSPS) is 21.5. The van der Waals surface area contributed by atoms with Crippen LogP contribution in [0.5, 0.6) is 5.75 Å². The van der Waals surface area contributed by atoms with Gasteiger partial charge in [-0.3, -0.25) is 4.79 Å². The highest BCUT2D eigenvalue weighted by Gasteiger charge is 2.44. The first-order chi connectivity index (χ1) is 10.2. The van der Waals surface area contributed by atoms with Gasteiger partial charge in [-0.25, -0.2) is 12.7 Å². The molecule has 0 saturated carbocycles. The summed E-state index contributed by atoms with van der Waals surface area (Å²) < 4.78 is 30.8. The summed E-state index contributed by atoms with van der Waals surface area (Å²) in [5.41, 5.74) is 0.769. The average molecular weight is 344 g/mol. The van der Waals surface area contributed by atoms with Crippen LogP contribution in [-0.4, -0.2) is 43.5 Å². The predicted molar refractivity (Wildman–Crippen MR) is 84.1 cm³/mol. The molecule has 3 rings (SSSR count). The fourth-order valence-corrected chi connectivity index (χ4v) is 4.34. The first-order valence-electron chi connectivity index (χ1n) is 7.18. The number of rotatable bonds is 1. The summed E-state index contributed by atoms with van der Waals surface area (Å²) in [4.78, 5) is 12.5. The van der Waals surface area contributed by atoms with E-state index in [1.54, 1.807) is 12.1 Å². The van der Waals surface area contributed by atoms with E-state index in [1.165, 1.54) is 10.6 Å². The van der Waals surface area contributed by atoms with Crippen molar-refractivity contribution >= 4 is 27.4 Å². The molecule has 1 saturated heterocycles. The molecule has 22 heavy (non-hydrogen) atoms. The van der Waals surface area contributed by atoms with Gasteiger partial charge in [-0.2, -0.15) is 0 Å². The lowest BCUT2D eigenvalue weighted by atomic mass is 9.82. The number of halogens is 1. The van der Waals surface area contributed by atoms with E-state index in [0.29, 0.717) is 42.3 Å². The molecular formula is C15H18ClNO4S. The van der Waals surface area contributed by atoms with E-state index in [1.807, 2.05) is 6.92 Å². The molecule has 1 aromatic rings. The second-order valence-corrected chi connectivity index (χ2v) is 8.57. The quantitative estimate of drug-likeness (QED) is 0.785. The van der Waals surface area contributed by atoms with Crippen LogP contribution in [0.15, 0.2) is 12.1 Å². The lowest BCUT2D eigenvalue weighted by Gasteiger charge is -2.43. The second kappa shape index (κ2) is 5.22. The first-order valence-corrected chi connectivity index (χ1v) is 9.40. The number of carbonyl (C=O) groups excluding carboxylic acids is 1. The van der Waals surface area contributed by atoms with Crippen molar-refractivity contribution in [3.8, 4) is 5.75 Å². The number of sulfonamides is 1. The van der Waals surface area contributed by atoms with Gasteiger partial charge in [0.15, 0.2) is 5.78 Å². The van der Waals surface area contributed by atoms with Crippen molar-refractivity contribution in [2.75, 3.05) is 19.3 Å². The van der Waals surface area contributed by atoms with Crippen LogP contribution in [0.25, 0.3) is 0 Å². The van der Waals surface area contributed by atoms with Gasteiger partial charge in [-0.15, -0.1) is 0 Å². The monoisotopic (exact) mass is 343 g/mol. The SMILES string of the molecule is Cc1cc(Cl)cc2c1OC1(CCN(S(C)(=O)=O)CC1)CC2=O. The predicted octanol–water partition coefficient (Wildman–Crippen LogP) is 2.41. The average Bonchev–Trinajstić information content (AvgIpc) is 2.40. The molecule has 120 valence electrons. The van der Waals surface area contributed by atoms with Crippen LogP contribution in [0, 0.1) is 6.92 Å². The topological polar surface area (TPSA) is 63.7 Å². The second-order valence-electron chi connectivity index (χ2n) is 6.15. The van der Waals surface area contributed by atoms with Crippen LogP contribution in [-0.2, 0) is 10.0 Å². The maximum atomic E-state index is 12.5. The van der Waals surface area contributed by atoms with Crippen LogP contribution in [0.3, 0.4) is 0 Å². The molecule has 0 bridgehead atoms. The van der Waals surface area contributed by atoms with Crippen LogP contribution in [0.4, 0.5) is 0 Å². The molecule has 1 fully saturated rings. The largest absolute Gasteiger partial charge is 0.486 e. The Hall–Kier alpha value is -1.11. The van der Waals surface area contributed by atoms with E-state index in [9.17, 15) is 13.2 Å². The molecule has 1 aromatic carbocycles. The minimum atomic E-state index is -3.19. The third kappa shape index (κ3) is 2.75. The van der Waals surface area contributed by atoms with E-state index in [0.717, 1.165) is 5.56 Å². The van der Waals surface area contributed by atoms with Gasteiger partial charge >= 0.3 is 0 Å². The summed E-state index contributed by atoms with van der Waals surface area (Å²) >= 11 is 6.01. The fraction of sp³-hybridized carbons (Fsp3) is 0.533. The van der Waals surface area contributed by atoms with E-state index in [4.69, 9.17) is 16.3 Å². The Morgan fingerprint density at radius 2 is 1.91 bits per heavy atom. The minimum absolute atomic E-state index is 0.0136. The Balaban J connectivity index is 1.89. The third-order valence-corrected chi connectivity index (χ3v) is 5.97. The molecule has 2 aliphatic rings. The zero-order valence-corrected chi connectivity index (χ0v) is 14.1. The summed E-state index contributed by atoms with van der Waals surface area (Å²) in [7, 11) is -3.19. The van der Waals surface area contributed by atoms with Crippen molar-refractivity contribution in [3.63, 3.8) is 0 Å². The van der Waals surface area contributed by atoms with E-state index < -0.39 is 15.6 Å². The third-order valence-electron chi connectivity index (χ3n) is 4.44. The Bertz CT molecular complexity index is 736.